The molecule has 2 N–H and O–H groups in total. The van der Waals surface area contributed by atoms with E-state index in [1.54, 1.807) is 13.0 Å². The quantitative estimate of drug-likeness (QED) is 0.568. The van der Waals surface area contributed by atoms with Gasteiger partial charge in [0.1, 0.15) is 5.83 Å². The first-order chi connectivity index (χ1) is 5.10. The van der Waals surface area contributed by atoms with Crippen LogP contribution in [0.4, 0.5) is 4.39 Å². The fourth-order valence-corrected chi connectivity index (χ4v) is 0.941. The van der Waals surface area contributed by atoms with Crippen molar-refractivity contribution in [3.05, 3.63) is 24.1 Å². The molecule has 2 atom stereocenters. The Labute approximate surface area is 64.8 Å². The summed E-state index contributed by atoms with van der Waals surface area (Å²) in [5.41, 5.74) is 4.56. The van der Waals surface area contributed by atoms with Crippen molar-refractivity contribution in [2.24, 2.45) is 11.1 Å². The molecule has 0 bridgehead atoms. The number of nitriles is 1. The van der Waals surface area contributed by atoms with Crippen LogP contribution < -0.4 is 5.73 Å². The standard InChI is InChI=1S/C8H9FN2/c1-8(5-10)4-2-3-6(9)7(8)11/h2-4,7H,11H2,1H3. The zero-order valence-electron chi connectivity index (χ0n) is 6.21. The molecule has 58 valence electrons. The van der Waals surface area contributed by atoms with Crippen molar-refractivity contribution in [3.63, 3.8) is 0 Å². The minimum absolute atomic E-state index is 0.434. The molecule has 0 fully saturated rings. The summed E-state index contributed by atoms with van der Waals surface area (Å²) < 4.78 is 12.8. The predicted molar refractivity (Wildman–Crippen MR) is 40.0 cm³/mol. The van der Waals surface area contributed by atoms with Crippen LogP contribution in [0.2, 0.25) is 0 Å². The molecule has 11 heavy (non-hydrogen) atoms. The van der Waals surface area contributed by atoms with E-state index in [9.17, 15) is 4.39 Å². The zero-order valence-corrected chi connectivity index (χ0v) is 6.21. The monoisotopic (exact) mass is 152 g/mol. The van der Waals surface area contributed by atoms with Gasteiger partial charge in [-0.25, -0.2) is 4.39 Å². The van der Waals surface area contributed by atoms with E-state index in [1.165, 1.54) is 12.2 Å². The minimum Gasteiger partial charge on any atom is -0.320 e. The maximum Gasteiger partial charge on any atom is 0.119 e. The average Bonchev–Trinajstić information content (AvgIpc) is 2.00. The van der Waals surface area contributed by atoms with Crippen LogP contribution in [0.25, 0.3) is 0 Å². The molecular formula is C8H9FN2. The lowest BCUT2D eigenvalue weighted by atomic mass is 9.81. The zero-order chi connectivity index (χ0) is 8.48. The minimum atomic E-state index is -0.890. The summed E-state index contributed by atoms with van der Waals surface area (Å²) in [6, 6.07) is 1.15. The highest BCUT2D eigenvalue weighted by Crippen LogP contribution is 2.29. The average molecular weight is 152 g/mol. The summed E-state index contributed by atoms with van der Waals surface area (Å²) in [6.45, 7) is 1.61. The normalized spacial score (nSPS) is 36.2. The van der Waals surface area contributed by atoms with Gasteiger partial charge in [0.15, 0.2) is 0 Å². The Morgan fingerprint density at radius 1 is 1.82 bits per heavy atom. The SMILES string of the molecule is CC1(C#N)C=CC=C(F)C1N. The Morgan fingerprint density at radius 3 is 2.91 bits per heavy atom. The van der Waals surface area contributed by atoms with E-state index in [4.69, 9.17) is 11.0 Å². The van der Waals surface area contributed by atoms with E-state index >= 15 is 0 Å². The number of hydrogen-bond acceptors (Lipinski definition) is 2. The Hall–Kier alpha value is -1.14. The largest absolute Gasteiger partial charge is 0.320 e. The smallest absolute Gasteiger partial charge is 0.119 e. The van der Waals surface area contributed by atoms with Crippen molar-refractivity contribution in [2.75, 3.05) is 0 Å². The number of hydrogen-bond donors (Lipinski definition) is 1. The van der Waals surface area contributed by atoms with Crippen LogP contribution in [0.5, 0.6) is 0 Å². The molecule has 2 nitrogen and oxygen atoms in total. The van der Waals surface area contributed by atoms with Gasteiger partial charge in [-0.05, 0) is 13.0 Å². The van der Waals surface area contributed by atoms with Crippen molar-refractivity contribution in [1.29, 1.82) is 5.26 Å². The summed E-state index contributed by atoms with van der Waals surface area (Å²) in [6.07, 6.45) is 4.41. The van der Waals surface area contributed by atoms with E-state index < -0.39 is 17.3 Å². The van der Waals surface area contributed by atoms with Gasteiger partial charge >= 0.3 is 0 Å². The number of nitrogens with two attached hydrogens (primary N) is 1. The second kappa shape index (κ2) is 2.48. The molecule has 0 aromatic rings. The Morgan fingerprint density at radius 2 is 2.45 bits per heavy atom. The summed E-state index contributed by atoms with van der Waals surface area (Å²) in [5.74, 6) is -0.434. The van der Waals surface area contributed by atoms with E-state index in [2.05, 4.69) is 0 Å². The molecule has 0 spiro atoms. The van der Waals surface area contributed by atoms with Crippen LogP contribution in [0.1, 0.15) is 6.92 Å². The third-order valence-electron chi connectivity index (χ3n) is 1.88. The second-order valence-electron chi connectivity index (χ2n) is 2.78. The van der Waals surface area contributed by atoms with Gasteiger partial charge in [-0.1, -0.05) is 12.2 Å². The van der Waals surface area contributed by atoms with E-state index in [1.807, 2.05) is 6.07 Å². The van der Waals surface area contributed by atoms with Gasteiger partial charge in [0, 0.05) is 0 Å². The molecule has 0 heterocycles. The topological polar surface area (TPSA) is 49.8 Å². The van der Waals surface area contributed by atoms with Crippen LogP contribution in [0.3, 0.4) is 0 Å². The van der Waals surface area contributed by atoms with Crippen LogP contribution in [0.15, 0.2) is 24.1 Å². The first-order valence-corrected chi connectivity index (χ1v) is 3.32. The maximum absolute atomic E-state index is 12.8. The van der Waals surface area contributed by atoms with Crippen LogP contribution in [0, 0.1) is 16.7 Å². The molecule has 2 unspecified atom stereocenters. The van der Waals surface area contributed by atoms with Gasteiger partial charge < -0.3 is 5.73 Å². The summed E-state index contributed by atoms with van der Waals surface area (Å²) in [4.78, 5) is 0. The third kappa shape index (κ3) is 1.17. The lowest BCUT2D eigenvalue weighted by Crippen LogP contribution is -2.38. The van der Waals surface area contributed by atoms with Crippen molar-refractivity contribution >= 4 is 0 Å². The molecular weight excluding hydrogens is 143 g/mol. The number of nitrogens with zero attached hydrogens (tertiary/aromatic N) is 1. The molecule has 3 heteroatoms. The Bertz CT molecular complexity index is 262. The fraction of sp³-hybridized carbons (Fsp3) is 0.375. The van der Waals surface area contributed by atoms with Gasteiger partial charge in [-0.2, -0.15) is 5.26 Å². The van der Waals surface area contributed by atoms with Crippen LogP contribution >= 0.6 is 0 Å². The van der Waals surface area contributed by atoms with Gasteiger partial charge in [-0.15, -0.1) is 0 Å². The summed E-state index contributed by atoms with van der Waals surface area (Å²) in [7, 11) is 0. The van der Waals surface area contributed by atoms with Crippen molar-refractivity contribution < 1.29 is 4.39 Å². The van der Waals surface area contributed by atoms with Crippen molar-refractivity contribution in [2.45, 2.75) is 13.0 Å². The van der Waals surface area contributed by atoms with Crippen LogP contribution in [-0.4, -0.2) is 6.04 Å². The Kier molecular flexibility index (Phi) is 1.79. The molecule has 0 aromatic carbocycles. The summed E-state index contributed by atoms with van der Waals surface area (Å²) in [5, 5.41) is 8.66. The lowest BCUT2D eigenvalue weighted by Gasteiger charge is -2.26. The van der Waals surface area contributed by atoms with Crippen LogP contribution in [-0.2, 0) is 0 Å². The van der Waals surface area contributed by atoms with E-state index in [0.717, 1.165) is 0 Å². The Balaban J connectivity index is 3.00. The molecule has 1 aliphatic carbocycles. The molecule has 0 radical (unpaired) electrons. The van der Waals surface area contributed by atoms with Gasteiger partial charge in [0.05, 0.1) is 17.5 Å². The molecule has 0 amide bonds. The fourth-order valence-electron chi connectivity index (χ4n) is 0.941. The third-order valence-corrected chi connectivity index (χ3v) is 1.88. The molecule has 1 aliphatic rings. The molecule has 0 saturated carbocycles. The highest BCUT2D eigenvalue weighted by atomic mass is 19.1. The van der Waals surface area contributed by atoms with Gasteiger partial charge in [0.25, 0.3) is 0 Å². The second-order valence-corrected chi connectivity index (χ2v) is 2.78. The molecule has 0 saturated heterocycles. The van der Waals surface area contributed by atoms with Gasteiger partial charge in [-0.3, -0.25) is 0 Å². The highest BCUT2D eigenvalue weighted by Gasteiger charge is 2.33. The highest BCUT2D eigenvalue weighted by molar-refractivity contribution is 5.30. The first kappa shape index (κ1) is 7.96. The predicted octanol–water partition coefficient (Wildman–Crippen LogP) is 1.27. The van der Waals surface area contributed by atoms with Crippen molar-refractivity contribution in [1.82, 2.24) is 0 Å². The van der Waals surface area contributed by atoms with E-state index in [0.29, 0.717) is 0 Å². The number of rotatable bonds is 0. The molecule has 0 aliphatic heterocycles. The van der Waals surface area contributed by atoms with Gasteiger partial charge in [0.2, 0.25) is 0 Å². The maximum atomic E-state index is 12.8. The first-order valence-electron chi connectivity index (χ1n) is 3.32. The lowest BCUT2D eigenvalue weighted by molar-refractivity contribution is 0.402. The number of allylic oxidation sites excluding steroid dienone is 2. The van der Waals surface area contributed by atoms with Crippen molar-refractivity contribution in [3.8, 4) is 6.07 Å². The molecule has 1 rings (SSSR count). The van der Waals surface area contributed by atoms with E-state index in [-0.39, 0.29) is 0 Å². The summed E-state index contributed by atoms with van der Waals surface area (Å²) >= 11 is 0. The molecule has 0 aromatic heterocycles. The number of halogens is 1.